The second kappa shape index (κ2) is 6.96. The maximum Gasteiger partial charge on any atom is 0.308 e. The summed E-state index contributed by atoms with van der Waals surface area (Å²) in [5.41, 5.74) is 0.641. The number of hydrogen-bond donors (Lipinski definition) is 1. The van der Waals surface area contributed by atoms with Gasteiger partial charge in [-0.1, -0.05) is 30.3 Å². The Kier molecular flexibility index (Phi) is 4.49. The molecule has 1 aliphatic heterocycles. The molecule has 7 nitrogen and oxygen atoms in total. The van der Waals surface area contributed by atoms with Gasteiger partial charge in [0.25, 0.3) is 5.56 Å². The molecule has 1 aromatic carbocycles. The van der Waals surface area contributed by atoms with Gasteiger partial charge in [0.2, 0.25) is 5.91 Å². The van der Waals surface area contributed by atoms with Gasteiger partial charge in [0.1, 0.15) is 11.4 Å². The maximum atomic E-state index is 12.7. The minimum Gasteiger partial charge on any atom is -0.481 e. The Morgan fingerprint density at radius 2 is 1.96 bits per heavy atom. The molecule has 1 saturated heterocycles. The van der Waals surface area contributed by atoms with Crippen molar-refractivity contribution in [3.05, 3.63) is 64.0 Å². The van der Waals surface area contributed by atoms with Gasteiger partial charge in [-0.2, -0.15) is 0 Å². The first kappa shape index (κ1) is 17.4. The van der Waals surface area contributed by atoms with Crippen molar-refractivity contribution in [2.75, 3.05) is 13.1 Å². The molecule has 1 amide bonds. The molecule has 0 aliphatic carbocycles. The van der Waals surface area contributed by atoms with Crippen LogP contribution in [0.3, 0.4) is 0 Å². The zero-order valence-electron chi connectivity index (χ0n) is 14.3. The van der Waals surface area contributed by atoms with E-state index in [0.29, 0.717) is 16.8 Å². The van der Waals surface area contributed by atoms with E-state index < -0.39 is 11.9 Å². The summed E-state index contributed by atoms with van der Waals surface area (Å²) < 4.78 is 1.28. The molecule has 8 heteroatoms. The molecule has 2 aromatic heterocycles. The van der Waals surface area contributed by atoms with Crippen LogP contribution in [-0.4, -0.2) is 44.5 Å². The summed E-state index contributed by atoms with van der Waals surface area (Å²) in [6.07, 6.45) is 1.37. The van der Waals surface area contributed by atoms with E-state index >= 15 is 0 Å². The average Bonchev–Trinajstić information content (AvgIpc) is 3.32. The fourth-order valence-corrected chi connectivity index (χ4v) is 4.27. The second-order valence-corrected chi connectivity index (χ2v) is 7.47. The van der Waals surface area contributed by atoms with Crippen molar-refractivity contribution in [3.63, 3.8) is 0 Å². The van der Waals surface area contributed by atoms with Crippen LogP contribution in [0, 0.1) is 5.92 Å². The van der Waals surface area contributed by atoms with Gasteiger partial charge in [-0.3, -0.25) is 19.0 Å². The van der Waals surface area contributed by atoms with Gasteiger partial charge in [0.05, 0.1) is 17.6 Å². The lowest BCUT2D eigenvalue weighted by Crippen LogP contribution is -2.35. The topological polar surface area (TPSA) is 92.5 Å². The van der Waals surface area contributed by atoms with Gasteiger partial charge in [0, 0.05) is 19.0 Å². The molecule has 0 spiro atoms. The van der Waals surface area contributed by atoms with Crippen molar-refractivity contribution in [1.82, 2.24) is 14.5 Å². The van der Waals surface area contributed by atoms with Crippen molar-refractivity contribution in [2.45, 2.75) is 12.5 Å². The van der Waals surface area contributed by atoms with E-state index in [2.05, 4.69) is 4.98 Å². The highest BCUT2D eigenvalue weighted by molar-refractivity contribution is 7.16. The number of rotatable bonds is 4. The van der Waals surface area contributed by atoms with E-state index in [1.54, 1.807) is 11.4 Å². The number of benzene rings is 1. The number of carbonyl (C=O) groups excluding carboxylic acids is 1. The van der Waals surface area contributed by atoms with E-state index in [9.17, 15) is 19.5 Å². The number of aromatic nitrogens is 2. The number of thiophene rings is 1. The van der Waals surface area contributed by atoms with Gasteiger partial charge in [-0.15, -0.1) is 11.3 Å². The van der Waals surface area contributed by atoms with Crippen LogP contribution in [0.25, 0.3) is 10.2 Å². The Balaban J connectivity index is 1.56. The summed E-state index contributed by atoms with van der Waals surface area (Å²) in [6, 6.07) is 11.1. The Hall–Kier alpha value is -3.00. The molecule has 2 atom stereocenters. The molecule has 1 N–H and O–H groups in total. The normalized spacial score (nSPS) is 19.5. The smallest absolute Gasteiger partial charge is 0.308 e. The summed E-state index contributed by atoms with van der Waals surface area (Å²) in [7, 11) is 0. The fraction of sp³-hybridized carbons (Fsp3) is 0.263. The molecular weight excluding hydrogens is 366 g/mol. The van der Waals surface area contributed by atoms with Crippen LogP contribution < -0.4 is 5.56 Å². The molecule has 3 heterocycles. The molecule has 138 valence electrons. The molecule has 1 fully saturated rings. The number of carbonyl (C=O) groups is 2. The van der Waals surface area contributed by atoms with Crippen LogP contribution in [0.4, 0.5) is 0 Å². The van der Waals surface area contributed by atoms with Crippen LogP contribution in [-0.2, 0) is 16.1 Å². The highest BCUT2D eigenvalue weighted by atomic mass is 32.1. The van der Waals surface area contributed by atoms with Gasteiger partial charge in [-0.25, -0.2) is 4.98 Å². The Labute approximate surface area is 158 Å². The van der Waals surface area contributed by atoms with E-state index in [4.69, 9.17) is 0 Å². The summed E-state index contributed by atoms with van der Waals surface area (Å²) >= 11 is 1.37. The third-order valence-electron chi connectivity index (χ3n) is 4.97. The summed E-state index contributed by atoms with van der Waals surface area (Å²) in [5, 5.41) is 11.8. The van der Waals surface area contributed by atoms with Gasteiger partial charge in [-0.05, 0) is 17.0 Å². The summed E-state index contributed by atoms with van der Waals surface area (Å²) in [5.74, 6) is -2.12. The second-order valence-electron chi connectivity index (χ2n) is 6.58. The van der Waals surface area contributed by atoms with E-state index in [-0.39, 0.29) is 30.5 Å². The van der Waals surface area contributed by atoms with E-state index in [1.807, 2.05) is 30.3 Å². The lowest BCUT2D eigenvalue weighted by atomic mass is 9.89. The Morgan fingerprint density at radius 3 is 2.70 bits per heavy atom. The van der Waals surface area contributed by atoms with Gasteiger partial charge >= 0.3 is 5.97 Å². The number of aliphatic carboxylic acids is 1. The Bertz CT molecular complexity index is 1060. The summed E-state index contributed by atoms with van der Waals surface area (Å²) in [6.45, 7) is 0.310. The molecule has 4 rings (SSSR count). The maximum absolute atomic E-state index is 12.7. The number of hydrogen-bond acceptors (Lipinski definition) is 5. The third-order valence-corrected chi connectivity index (χ3v) is 5.79. The van der Waals surface area contributed by atoms with Crippen molar-refractivity contribution in [3.8, 4) is 0 Å². The molecular formula is C19H17N3O4S. The molecule has 0 radical (unpaired) electrons. The Morgan fingerprint density at radius 1 is 1.19 bits per heavy atom. The van der Waals surface area contributed by atoms with Crippen molar-refractivity contribution in [2.24, 2.45) is 5.92 Å². The zero-order valence-corrected chi connectivity index (χ0v) is 15.1. The highest BCUT2D eigenvalue weighted by Gasteiger charge is 2.40. The SMILES string of the molecule is O=C(O)[C@@H]1CN(C(=O)Cn2cnc3sccc3c2=O)C[C@@H]1c1ccccc1. The standard InChI is InChI=1S/C19H17N3O4S/c23-16(10-22-11-20-17-13(18(22)24)6-7-27-17)21-8-14(15(9-21)19(25)26)12-4-2-1-3-5-12/h1-7,11,14-15H,8-10H2,(H,25,26)/t14-,15-/m1/s1. The first-order valence-electron chi connectivity index (χ1n) is 8.53. The van der Waals surface area contributed by atoms with Gasteiger partial charge in [0.15, 0.2) is 0 Å². The number of carboxylic acid groups (broad SMARTS) is 1. The third kappa shape index (κ3) is 3.23. The quantitative estimate of drug-likeness (QED) is 0.741. The number of likely N-dealkylation sites (tertiary alicyclic amines) is 1. The zero-order chi connectivity index (χ0) is 19.0. The van der Waals surface area contributed by atoms with Crippen molar-refractivity contribution < 1.29 is 14.7 Å². The van der Waals surface area contributed by atoms with E-state index in [1.165, 1.54) is 27.1 Å². The van der Waals surface area contributed by atoms with Crippen molar-refractivity contribution in [1.29, 1.82) is 0 Å². The minimum absolute atomic E-state index is 0.136. The van der Waals surface area contributed by atoms with Crippen molar-refractivity contribution >= 4 is 33.4 Å². The fourth-order valence-electron chi connectivity index (χ4n) is 3.55. The van der Waals surface area contributed by atoms with Crippen LogP contribution >= 0.6 is 11.3 Å². The van der Waals surface area contributed by atoms with Crippen LogP contribution in [0.2, 0.25) is 0 Å². The van der Waals surface area contributed by atoms with E-state index in [0.717, 1.165) is 5.56 Å². The average molecular weight is 383 g/mol. The molecule has 27 heavy (non-hydrogen) atoms. The number of amides is 1. The minimum atomic E-state index is -0.919. The highest BCUT2D eigenvalue weighted by Crippen LogP contribution is 2.33. The lowest BCUT2D eigenvalue weighted by Gasteiger charge is -2.17. The lowest BCUT2D eigenvalue weighted by molar-refractivity contribution is -0.141. The van der Waals surface area contributed by atoms with Crippen LogP contribution in [0.5, 0.6) is 0 Å². The molecule has 0 bridgehead atoms. The molecule has 3 aromatic rings. The number of carboxylic acids is 1. The monoisotopic (exact) mass is 383 g/mol. The van der Waals surface area contributed by atoms with Crippen LogP contribution in [0.1, 0.15) is 11.5 Å². The molecule has 0 saturated carbocycles. The first-order valence-corrected chi connectivity index (χ1v) is 9.40. The first-order chi connectivity index (χ1) is 13.0. The molecule has 1 aliphatic rings. The predicted molar refractivity (Wildman–Crippen MR) is 101 cm³/mol. The number of fused-ring (bicyclic) bond motifs is 1. The van der Waals surface area contributed by atoms with Gasteiger partial charge < -0.3 is 10.0 Å². The number of nitrogens with zero attached hydrogens (tertiary/aromatic N) is 3. The van der Waals surface area contributed by atoms with Crippen LogP contribution in [0.15, 0.2) is 52.9 Å². The summed E-state index contributed by atoms with van der Waals surface area (Å²) in [4.78, 5) is 43.2. The molecule has 0 unspecified atom stereocenters. The largest absolute Gasteiger partial charge is 0.481 e. The predicted octanol–water partition coefficient (Wildman–Crippen LogP) is 1.78.